The number of halogens is 6. The average molecular weight is 581 g/mol. The Morgan fingerprint density at radius 2 is 1.49 bits per heavy atom. The zero-order chi connectivity index (χ0) is 30.2. The van der Waals surface area contributed by atoms with Crippen LogP contribution in [0, 0.1) is 31.6 Å². The molecule has 218 valence electrons. The van der Waals surface area contributed by atoms with Gasteiger partial charge in [-0.1, -0.05) is 12.5 Å². The van der Waals surface area contributed by atoms with Crippen LogP contribution in [0.15, 0.2) is 41.4 Å². The Hall–Kier alpha value is -3.32. The molecule has 0 saturated carbocycles. The molecule has 1 aliphatic carbocycles. The van der Waals surface area contributed by atoms with Crippen molar-refractivity contribution in [2.45, 2.75) is 58.5 Å². The number of hydrogen-bond acceptors (Lipinski definition) is 5. The van der Waals surface area contributed by atoms with Gasteiger partial charge in [0.25, 0.3) is 0 Å². The van der Waals surface area contributed by atoms with Crippen molar-refractivity contribution in [1.82, 2.24) is 0 Å². The molecule has 2 amide bonds. The summed E-state index contributed by atoms with van der Waals surface area (Å²) in [7, 11) is -1.44. The van der Waals surface area contributed by atoms with Crippen molar-refractivity contribution >= 4 is 24.6 Å². The molecule has 3 aliphatic rings. The van der Waals surface area contributed by atoms with Gasteiger partial charge in [0.05, 0.1) is 34.8 Å². The predicted octanol–water partition coefficient (Wildman–Crippen LogP) is 6.06. The molecule has 0 bridgehead atoms. The van der Waals surface area contributed by atoms with Crippen molar-refractivity contribution in [2.75, 3.05) is 4.90 Å². The van der Waals surface area contributed by atoms with Gasteiger partial charge >= 0.3 is 19.5 Å². The number of fused-ring (bicyclic) bond motifs is 3. The van der Waals surface area contributed by atoms with Crippen LogP contribution >= 0.6 is 0 Å². The molecule has 0 aromatic heterocycles. The number of benzene rings is 2. The number of rotatable bonds is 3. The summed E-state index contributed by atoms with van der Waals surface area (Å²) < 4.78 is 87.2. The molecule has 2 aromatic carbocycles. The quantitative estimate of drug-likeness (QED) is 0.262. The topological polar surface area (TPSA) is 87.1 Å². The molecule has 5 rings (SSSR count). The standard InChI is InChI=1S/C28H26BF6NO5/c1-4-14-7-20-22(19-11-21(41-29(40)23(14)19)15-5-12(2)24(37)13(3)6-15)26(39)36(25(20)38)18-9-16(27(30,31)32)8-17(10-18)28(33,34)35/h5-6,8-10,19-22,37,40H,4,7,11H2,1-3H3/t19-,20-,21-,22+/m0/s1. The van der Waals surface area contributed by atoms with Crippen molar-refractivity contribution < 1.29 is 50.7 Å². The number of amides is 2. The van der Waals surface area contributed by atoms with Crippen LogP contribution in [-0.4, -0.2) is 29.1 Å². The summed E-state index contributed by atoms with van der Waals surface area (Å²) in [6.07, 6.45) is -10.5. The molecule has 13 heteroatoms. The van der Waals surface area contributed by atoms with Gasteiger partial charge in [-0.3, -0.25) is 9.59 Å². The highest BCUT2D eigenvalue weighted by atomic mass is 19.4. The van der Waals surface area contributed by atoms with Crippen LogP contribution in [0.1, 0.15) is 60.1 Å². The maximum absolute atomic E-state index is 13.8. The number of hydrogen-bond donors (Lipinski definition) is 2. The molecule has 2 fully saturated rings. The summed E-state index contributed by atoms with van der Waals surface area (Å²) in [5.74, 6) is -4.60. The molecule has 6 nitrogen and oxygen atoms in total. The summed E-state index contributed by atoms with van der Waals surface area (Å²) in [6, 6.07) is 4.04. The number of alkyl halides is 6. The van der Waals surface area contributed by atoms with E-state index < -0.39 is 72.0 Å². The Labute approximate surface area is 231 Å². The van der Waals surface area contributed by atoms with Gasteiger partial charge in [-0.05, 0) is 91.5 Å². The number of phenolic OH excluding ortho intramolecular Hbond substituents is 1. The van der Waals surface area contributed by atoms with Crippen LogP contribution in [0.3, 0.4) is 0 Å². The molecule has 0 radical (unpaired) electrons. The van der Waals surface area contributed by atoms with Crippen molar-refractivity contribution in [3.05, 3.63) is 69.2 Å². The molecule has 2 aliphatic heterocycles. The Morgan fingerprint density at radius 3 is 2.00 bits per heavy atom. The molecule has 0 spiro atoms. The molecule has 4 atom stereocenters. The smallest absolute Gasteiger partial charge is 0.487 e. The van der Waals surface area contributed by atoms with Crippen LogP contribution in [0.25, 0.3) is 0 Å². The van der Waals surface area contributed by atoms with Crippen LogP contribution < -0.4 is 4.90 Å². The second-order valence-corrected chi connectivity index (χ2v) is 10.8. The van der Waals surface area contributed by atoms with Gasteiger partial charge in [0.15, 0.2) is 0 Å². The van der Waals surface area contributed by atoms with Gasteiger partial charge in [0.2, 0.25) is 11.8 Å². The lowest BCUT2D eigenvalue weighted by molar-refractivity contribution is -0.143. The molecule has 2 saturated heterocycles. The van der Waals surface area contributed by atoms with Gasteiger partial charge in [-0.2, -0.15) is 26.3 Å². The Balaban J connectivity index is 1.58. The highest BCUT2D eigenvalue weighted by Crippen LogP contribution is 2.53. The lowest BCUT2D eigenvalue weighted by atomic mass is 9.55. The molecule has 2 heterocycles. The third-order valence-electron chi connectivity index (χ3n) is 8.35. The van der Waals surface area contributed by atoms with E-state index >= 15 is 0 Å². The summed E-state index contributed by atoms with van der Waals surface area (Å²) in [5, 5.41) is 21.2. The van der Waals surface area contributed by atoms with E-state index in [0.717, 1.165) is 0 Å². The number of allylic oxidation sites excluding steroid dienone is 2. The number of phenols is 1. The van der Waals surface area contributed by atoms with Crippen molar-refractivity contribution in [2.24, 2.45) is 17.8 Å². The first-order valence-electron chi connectivity index (χ1n) is 13.1. The lowest BCUT2D eigenvalue weighted by Gasteiger charge is -2.42. The third-order valence-corrected chi connectivity index (χ3v) is 8.35. The molecular weight excluding hydrogens is 555 g/mol. The van der Waals surface area contributed by atoms with E-state index in [4.69, 9.17) is 4.65 Å². The van der Waals surface area contributed by atoms with Crippen LogP contribution in [0.5, 0.6) is 5.75 Å². The largest absolute Gasteiger partial charge is 0.507 e. The van der Waals surface area contributed by atoms with E-state index in [0.29, 0.717) is 51.2 Å². The Kier molecular flexibility index (Phi) is 7.05. The van der Waals surface area contributed by atoms with E-state index in [-0.39, 0.29) is 24.7 Å². The van der Waals surface area contributed by atoms with Crippen LogP contribution in [0.2, 0.25) is 0 Å². The molecular formula is C28H26BF6NO5. The first kappa shape index (κ1) is 29.2. The van der Waals surface area contributed by atoms with Crippen LogP contribution in [-0.2, 0) is 26.6 Å². The van der Waals surface area contributed by atoms with Gasteiger partial charge in [0, 0.05) is 0 Å². The number of anilines is 1. The molecule has 41 heavy (non-hydrogen) atoms. The number of imide groups is 1. The molecule has 2 aromatic rings. The zero-order valence-corrected chi connectivity index (χ0v) is 22.2. The number of aryl methyl sites for hydroxylation is 2. The minimum absolute atomic E-state index is 0.0156. The maximum Gasteiger partial charge on any atom is 0.487 e. The normalized spacial score (nSPS) is 25.1. The van der Waals surface area contributed by atoms with Gasteiger partial charge < -0.3 is 14.8 Å². The monoisotopic (exact) mass is 581 g/mol. The third kappa shape index (κ3) is 4.92. The molecule has 0 unspecified atom stereocenters. The maximum atomic E-state index is 13.8. The minimum Gasteiger partial charge on any atom is -0.507 e. The predicted molar refractivity (Wildman–Crippen MR) is 135 cm³/mol. The highest BCUT2D eigenvalue weighted by molar-refractivity contribution is 6.53. The first-order chi connectivity index (χ1) is 19.0. The number of carbonyl (C=O) groups is 2. The van der Waals surface area contributed by atoms with Crippen molar-refractivity contribution in [3.63, 3.8) is 0 Å². The molecule has 2 N–H and O–H groups in total. The van der Waals surface area contributed by atoms with E-state index in [1.807, 2.05) is 0 Å². The fourth-order valence-electron chi connectivity index (χ4n) is 6.46. The second kappa shape index (κ2) is 9.90. The van der Waals surface area contributed by atoms with E-state index in [2.05, 4.69) is 0 Å². The second-order valence-electron chi connectivity index (χ2n) is 10.8. The fourth-order valence-corrected chi connectivity index (χ4v) is 6.46. The van der Waals surface area contributed by atoms with E-state index in [1.165, 1.54) is 0 Å². The Morgan fingerprint density at radius 1 is 0.927 bits per heavy atom. The lowest BCUT2D eigenvalue weighted by Crippen LogP contribution is -2.44. The summed E-state index contributed by atoms with van der Waals surface area (Å²) in [4.78, 5) is 27.8. The summed E-state index contributed by atoms with van der Waals surface area (Å²) in [6.45, 7) is 5.15. The fraction of sp³-hybridized carbons (Fsp3) is 0.429. The van der Waals surface area contributed by atoms with E-state index in [1.54, 1.807) is 32.9 Å². The van der Waals surface area contributed by atoms with Gasteiger partial charge in [0.1, 0.15) is 5.75 Å². The number of aromatic hydroxyl groups is 1. The Bertz CT molecular complexity index is 1410. The average Bonchev–Trinajstić information content (AvgIpc) is 3.14. The van der Waals surface area contributed by atoms with Crippen molar-refractivity contribution in [3.8, 4) is 5.75 Å². The first-order valence-corrected chi connectivity index (χ1v) is 13.1. The van der Waals surface area contributed by atoms with Gasteiger partial charge in [-0.25, -0.2) is 4.90 Å². The minimum atomic E-state index is -5.16. The SMILES string of the molecule is CCC1=C2B(O)O[C@H](c3cc(C)c(O)c(C)c3)C[C@H]2[C@H]2C(=O)N(c3cc(C(F)(F)F)cc(C(F)(F)F)c3)C(=O)[C@H]2C1. The number of nitrogens with zero attached hydrogens (tertiary/aromatic N) is 1. The summed E-state index contributed by atoms with van der Waals surface area (Å²) >= 11 is 0. The van der Waals surface area contributed by atoms with Crippen molar-refractivity contribution in [1.29, 1.82) is 0 Å². The van der Waals surface area contributed by atoms with E-state index in [9.17, 15) is 46.1 Å². The van der Waals surface area contributed by atoms with Crippen LogP contribution in [0.4, 0.5) is 32.0 Å². The highest BCUT2D eigenvalue weighted by Gasteiger charge is 2.58. The zero-order valence-electron chi connectivity index (χ0n) is 22.2. The van der Waals surface area contributed by atoms with Gasteiger partial charge in [-0.15, -0.1) is 0 Å². The summed E-state index contributed by atoms with van der Waals surface area (Å²) in [5.41, 5.74) is -1.28. The number of carbonyl (C=O) groups excluding carboxylic acids is 2.